The molecule has 0 saturated heterocycles. The number of H-pyrrole nitrogens is 1. The molecule has 2 rings (SSSR count). The first-order valence-electron chi connectivity index (χ1n) is 5.81. The number of hydrogen-bond donors (Lipinski definition) is 2. The molecule has 108 valence electrons. The lowest BCUT2D eigenvalue weighted by atomic mass is 10.2. The van der Waals surface area contributed by atoms with Crippen LogP contribution in [-0.2, 0) is 0 Å². The van der Waals surface area contributed by atoms with Crippen LogP contribution in [0.3, 0.4) is 0 Å². The highest BCUT2D eigenvalue weighted by Crippen LogP contribution is 2.24. The van der Waals surface area contributed by atoms with Crippen LogP contribution in [0.15, 0.2) is 30.5 Å². The summed E-state index contributed by atoms with van der Waals surface area (Å²) in [5, 5.41) is 24.7. The Bertz CT molecular complexity index is 650. The van der Waals surface area contributed by atoms with Gasteiger partial charge in [0.25, 0.3) is 6.43 Å². The van der Waals surface area contributed by atoms with Crippen molar-refractivity contribution in [3.63, 3.8) is 0 Å². The molecule has 0 amide bonds. The Balaban J connectivity index is 2.14. The minimum Gasteiger partial charge on any atom is -0.485 e. The zero-order valence-corrected chi connectivity index (χ0v) is 10.6. The summed E-state index contributed by atoms with van der Waals surface area (Å²) in [5.74, 6) is 0.371. The number of aromatic nitrogens is 4. The van der Waals surface area contributed by atoms with E-state index >= 15 is 0 Å². The van der Waals surface area contributed by atoms with Crippen molar-refractivity contribution in [3.05, 3.63) is 36.3 Å². The number of para-hydroxylation sites is 2. The molecular weight excluding hydrogens is 282 g/mol. The molecule has 0 atom stereocenters. The van der Waals surface area contributed by atoms with E-state index in [1.807, 2.05) is 6.07 Å². The van der Waals surface area contributed by atoms with E-state index in [9.17, 15) is 8.78 Å². The number of halogens is 2. The highest BCUT2D eigenvalue weighted by Gasteiger charge is 2.08. The van der Waals surface area contributed by atoms with E-state index in [1.54, 1.807) is 24.3 Å². The molecular formula is C12H10F2N6O. The molecule has 1 aromatic carbocycles. The number of nitrogens with zero attached hydrogens (tertiary/aromatic N) is 4. The fourth-order valence-corrected chi connectivity index (χ4v) is 1.44. The van der Waals surface area contributed by atoms with Crippen LogP contribution in [0.4, 0.5) is 14.5 Å². The van der Waals surface area contributed by atoms with Crippen LogP contribution in [0.2, 0.25) is 0 Å². The molecule has 0 aliphatic carbocycles. The monoisotopic (exact) mass is 292 g/mol. The molecule has 21 heavy (non-hydrogen) atoms. The number of rotatable bonds is 6. The van der Waals surface area contributed by atoms with Gasteiger partial charge in [0.15, 0.2) is 0 Å². The summed E-state index contributed by atoms with van der Waals surface area (Å²) in [6, 6.07) is 8.42. The van der Waals surface area contributed by atoms with Crippen LogP contribution in [0.1, 0.15) is 5.82 Å². The SMILES string of the molecule is N#CC(=CNc1ccccc1OCC(F)F)c1nn[nH]n1. The largest absolute Gasteiger partial charge is 0.485 e. The van der Waals surface area contributed by atoms with Crippen molar-refractivity contribution in [1.82, 2.24) is 20.6 Å². The van der Waals surface area contributed by atoms with Gasteiger partial charge in [-0.3, -0.25) is 0 Å². The third-order valence-corrected chi connectivity index (χ3v) is 2.33. The van der Waals surface area contributed by atoms with E-state index in [2.05, 4.69) is 25.9 Å². The smallest absolute Gasteiger partial charge is 0.272 e. The van der Waals surface area contributed by atoms with E-state index in [0.29, 0.717) is 5.69 Å². The zero-order chi connectivity index (χ0) is 15.1. The maximum atomic E-state index is 12.2. The lowest BCUT2D eigenvalue weighted by Crippen LogP contribution is -2.08. The third-order valence-electron chi connectivity index (χ3n) is 2.33. The van der Waals surface area contributed by atoms with Gasteiger partial charge in [0.2, 0.25) is 5.82 Å². The summed E-state index contributed by atoms with van der Waals surface area (Å²) in [5.41, 5.74) is 0.571. The first-order chi connectivity index (χ1) is 10.2. The molecule has 2 N–H and O–H groups in total. The summed E-state index contributed by atoms with van der Waals surface area (Å²) in [4.78, 5) is 0. The number of allylic oxidation sites excluding steroid dienone is 1. The molecule has 7 nitrogen and oxygen atoms in total. The fourth-order valence-electron chi connectivity index (χ4n) is 1.44. The second-order valence-electron chi connectivity index (χ2n) is 3.75. The first kappa shape index (κ1) is 14.4. The normalized spacial score (nSPS) is 11.2. The van der Waals surface area contributed by atoms with E-state index in [1.165, 1.54) is 6.20 Å². The van der Waals surface area contributed by atoms with Gasteiger partial charge in [-0.2, -0.15) is 10.5 Å². The standard InChI is InChI=1S/C12H10F2N6O/c13-11(14)7-21-10-4-2-1-3-9(10)16-6-8(5-15)12-17-19-20-18-12/h1-4,6,11,16H,7H2,(H,17,18,19,20). The van der Waals surface area contributed by atoms with Gasteiger partial charge in [0.1, 0.15) is 24.0 Å². The fraction of sp³-hybridized carbons (Fsp3) is 0.167. The maximum absolute atomic E-state index is 12.2. The van der Waals surface area contributed by atoms with Crippen molar-refractivity contribution in [1.29, 1.82) is 5.26 Å². The number of tetrazole rings is 1. The predicted molar refractivity (Wildman–Crippen MR) is 69.3 cm³/mol. The molecule has 0 aliphatic heterocycles. The molecule has 0 fully saturated rings. The van der Waals surface area contributed by atoms with Crippen LogP contribution in [-0.4, -0.2) is 33.7 Å². The topological polar surface area (TPSA) is 99.5 Å². The van der Waals surface area contributed by atoms with Crippen molar-refractivity contribution in [2.24, 2.45) is 0 Å². The Hall–Kier alpha value is -3.02. The average Bonchev–Trinajstić information content (AvgIpc) is 3.01. The van der Waals surface area contributed by atoms with Gasteiger partial charge in [-0.15, -0.1) is 10.2 Å². The number of alkyl halides is 2. The molecule has 0 radical (unpaired) electrons. The summed E-state index contributed by atoms with van der Waals surface area (Å²) in [6.07, 6.45) is -1.22. The highest BCUT2D eigenvalue weighted by atomic mass is 19.3. The van der Waals surface area contributed by atoms with Gasteiger partial charge in [-0.05, 0) is 17.3 Å². The van der Waals surface area contributed by atoms with Crippen molar-refractivity contribution >= 4 is 11.3 Å². The predicted octanol–water partition coefficient (Wildman–Crippen LogP) is 1.82. The second kappa shape index (κ2) is 6.95. The van der Waals surface area contributed by atoms with Crippen molar-refractivity contribution in [2.45, 2.75) is 6.43 Å². The summed E-state index contributed by atoms with van der Waals surface area (Å²) < 4.78 is 29.3. The van der Waals surface area contributed by atoms with E-state index < -0.39 is 13.0 Å². The molecule has 9 heteroatoms. The van der Waals surface area contributed by atoms with E-state index in [4.69, 9.17) is 10.00 Å². The number of nitriles is 1. The molecule has 0 saturated carbocycles. The van der Waals surface area contributed by atoms with Crippen LogP contribution in [0.5, 0.6) is 5.75 Å². The Morgan fingerprint density at radius 2 is 2.29 bits per heavy atom. The quantitative estimate of drug-likeness (QED) is 0.788. The number of aromatic amines is 1. The molecule has 0 spiro atoms. The second-order valence-corrected chi connectivity index (χ2v) is 3.75. The Morgan fingerprint density at radius 1 is 1.48 bits per heavy atom. The first-order valence-corrected chi connectivity index (χ1v) is 5.81. The van der Waals surface area contributed by atoms with Gasteiger partial charge in [-0.1, -0.05) is 12.1 Å². The summed E-state index contributed by atoms with van der Waals surface area (Å²) in [7, 11) is 0. The van der Waals surface area contributed by atoms with E-state index in [0.717, 1.165) is 0 Å². The zero-order valence-electron chi connectivity index (χ0n) is 10.6. The minimum absolute atomic E-state index is 0.121. The van der Waals surface area contributed by atoms with E-state index in [-0.39, 0.29) is 17.1 Å². The van der Waals surface area contributed by atoms with Gasteiger partial charge in [-0.25, -0.2) is 8.78 Å². The molecule has 0 bridgehead atoms. The highest BCUT2D eigenvalue weighted by molar-refractivity contribution is 5.74. The molecule has 2 aromatic rings. The number of nitrogens with one attached hydrogen (secondary N) is 2. The van der Waals surface area contributed by atoms with Crippen molar-refractivity contribution in [3.8, 4) is 11.8 Å². The number of benzene rings is 1. The lowest BCUT2D eigenvalue weighted by molar-refractivity contribution is 0.0823. The van der Waals surface area contributed by atoms with Crippen molar-refractivity contribution in [2.75, 3.05) is 11.9 Å². The summed E-state index contributed by atoms with van der Waals surface area (Å²) in [6.45, 7) is -0.710. The number of ether oxygens (including phenoxy) is 1. The van der Waals surface area contributed by atoms with Gasteiger partial charge >= 0.3 is 0 Å². The third kappa shape index (κ3) is 3.97. The summed E-state index contributed by atoms with van der Waals surface area (Å²) >= 11 is 0. The van der Waals surface area contributed by atoms with Crippen molar-refractivity contribution < 1.29 is 13.5 Å². The number of anilines is 1. The molecule has 1 aromatic heterocycles. The Morgan fingerprint density at radius 3 is 2.95 bits per heavy atom. The minimum atomic E-state index is -2.57. The molecule has 0 aliphatic rings. The molecule has 1 heterocycles. The van der Waals surface area contributed by atoms with Crippen LogP contribution in [0.25, 0.3) is 5.57 Å². The van der Waals surface area contributed by atoms with Gasteiger partial charge < -0.3 is 10.1 Å². The number of hydrogen-bond acceptors (Lipinski definition) is 6. The van der Waals surface area contributed by atoms with Crippen LogP contribution in [0, 0.1) is 11.3 Å². The Kier molecular flexibility index (Phi) is 4.76. The van der Waals surface area contributed by atoms with Gasteiger partial charge in [0, 0.05) is 6.20 Å². The average molecular weight is 292 g/mol. The van der Waals surface area contributed by atoms with Crippen LogP contribution < -0.4 is 10.1 Å². The van der Waals surface area contributed by atoms with Gasteiger partial charge in [0.05, 0.1) is 5.69 Å². The Labute approximate surface area is 118 Å². The molecule has 0 unspecified atom stereocenters. The maximum Gasteiger partial charge on any atom is 0.272 e. The lowest BCUT2D eigenvalue weighted by Gasteiger charge is -2.10. The van der Waals surface area contributed by atoms with Crippen LogP contribution >= 0.6 is 0 Å².